The molecule has 0 bridgehead atoms. The van der Waals surface area contributed by atoms with E-state index in [9.17, 15) is 9.90 Å². The summed E-state index contributed by atoms with van der Waals surface area (Å²) >= 11 is 1.41. The minimum Gasteiger partial charge on any atom is -0.492 e. The van der Waals surface area contributed by atoms with Gasteiger partial charge in [0.15, 0.2) is 0 Å². The molecule has 0 unspecified atom stereocenters. The van der Waals surface area contributed by atoms with Gasteiger partial charge in [0.2, 0.25) is 5.88 Å². The summed E-state index contributed by atoms with van der Waals surface area (Å²) in [7, 11) is 0. The summed E-state index contributed by atoms with van der Waals surface area (Å²) in [5.41, 5.74) is 2.67. The minimum absolute atomic E-state index is 0.0580. The molecule has 1 N–H and O–H groups in total. The molecule has 144 valence electrons. The van der Waals surface area contributed by atoms with Gasteiger partial charge in [-0.15, -0.1) is 16.4 Å². The number of nitrogens with zero attached hydrogens (tertiary/aromatic N) is 3. The summed E-state index contributed by atoms with van der Waals surface area (Å²) in [5.74, 6) is -0.437. The zero-order chi connectivity index (χ0) is 20.1. The third-order valence-electron chi connectivity index (χ3n) is 4.08. The summed E-state index contributed by atoms with van der Waals surface area (Å²) in [6, 6.07) is 18.4. The van der Waals surface area contributed by atoms with Crippen molar-refractivity contribution in [1.82, 2.24) is 14.8 Å². The molecule has 2 aromatic carbocycles. The fraction of sp³-hybridized carbons (Fsp3) is 0.0455. The Balaban J connectivity index is 1.40. The van der Waals surface area contributed by atoms with Crippen LogP contribution < -0.4 is 0 Å². The van der Waals surface area contributed by atoms with Gasteiger partial charge in [0.05, 0.1) is 22.5 Å². The van der Waals surface area contributed by atoms with Crippen LogP contribution in [0.25, 0.3) is 17.8 Å². The Morgan fingerprint density at radius 2 is 1.79 bits per heavy atom. The molecule has 0 aliphatic carbocycles. The molecule has 0 amide bonds. The van der Waals surface area contributed by atoms with Crippen LogP contribution in [0.4, 0.5) is 0 Å². The van der Waals surface area contributed by atoms with E-state index in [1.807, 2.05) is 41.8 Å². The molecule has 0 spiro atoms. The molecule has 29 heavy (non-hydrogen) atoms. The number of thiazole rings is 1. The van der Waals surface area contributed by atoms with Crippen LogP contribution in [0, 0.1) is 0 Å². The summed E-state index contributed by atoms with van der Waals surface area (Å²) < 4.78 is 6.91. The number of carbonyl (C=O) groups excluding carboxylic acids is 1. The molecule has 0 saturated heterocycles. The summed E-state index contributed by atoms with van der Waals surface area (Å²) in [5, 5.41) is 16.7. The van der Waals surface area contributed by atoms with Gasteiger partial charge >= 0.3 is 5.97 Å². The molecule has 0 saturated carbocycles. The number of benzene rings is 2. The lowest BCUT2D eigenvalue weighted by Gasteiger charge is -2.01. The molecule has 0 aliphatic rings. The molecule has 0 aliphatic heterocycles. The number of hydrogen-bond donors (Lipinski definition) is 1. The Morgan fingerprint density at radius 3 is 2.55 bits per heavy atom. The zero-order valence-corrected chi connectivity index (χ0v) is 16.1. The van der Waals surface area contributed by atoms with Crippen molar-refractivity contribution < 1.29 is 14.6 Å². The van der Waals surface area contributed by atoms with E-state index >= 15 is 0 Å². The van der Waals surface area contributed by atoms with Crippen molar-refractivity contribution in [3.63, 3.8) is 0 Å². The van der Waals surface area contributed by atoms with Crippen LogP contribution >= 0.6 is 11.3 Å². The van der Waals surface area contributed by atoms with Gasteiger partial charge < -0.3 is 9.84 Å². The van der Waals surface area contributed by atoms with E-state index in [1.54, 1.807) is 47.3 Å². The van der Waals surface area contributed by atoms with Gasteiger partial charge in [-0.3, -0.25) is 0 Å². The van der Waals surface area contributed by atoms with Crippen molar-refractivity contribution in [2.24, 2.45) is 0 Å². The smallest absolute Gasteiger partial charge is 0.338 e. The van der Waals surface area contributed by atoms with Crippen LogP contribution in [0.3, 0.4) is 0 Å². The lowest BCUT2D eigenvalue weighted by molar-refractivity contribution is 0.0472. The van der Waals surface area contributed by atoms with E-state index in [-0.39, 0.29) is 18.5 Å². The van der Waals surface area contributed by atoms with Gasteiger partial charge in [-0.2, -0.15) is 0 Å². The van der Waals surface area contributed by atoms with Crippen LogP contribution in [0.5, 0.6) is 5.88 Å². The van der Waals surface area contributed by atoms with Crippen LogP contribution in [-0.4, -0.2) is 25.8 Å². The predicted molar refractivity (Wildman–Crippen MR) is 112 cm³/mol. The van der Waals surface area contributed by atoms with Crippen LogP contribution in [0.15, 0.2) is 72.2 Å². The second-order valence-corrected chi connectivity index (χ2v) is 7.07. The van der Waals surface area contributed by atoms with Crippen LogP contribution in [-0.2, 0) is 11.3 Å². The quantitative estimate of drug-likeness (QED) is 0.478. The Hall–Kier alpha value is -3.71. The normalized spacial score (nSPS) is 11.0. The van der Waals surface area contributed by atoms with E-state index in [2.05, 4.69) is 10.1 Å². The van der Waals surface area contributed by atoms with Crippen molar-refractivity contribution in [3.8, 4) is 11.6 Å². The second kappa shape index (κ2) is 8.53. The molecule has 7 heteroatoms. The van der Waals surface area contributed by atoms with Gasteiger partial charge in [-0.05, 0) is 36.4 Å². The number of aromatic nitrogens is 3. The fourth-order valence-corrected chi connectivity index (χ4v) is 3.31. The molecule has 2 aromatic heterocycles. The number of para-hydroxylation sites is 1. The molecular weight excluding hydrogens is 386 g/mol. The molecule has 0 radical (unpaired) electrons. The highest BCUT2D eigenvalue weighted by Crippen LogP contribution is 2.21. The van der Waals surface area contributed by atoms with Gasteiger partial charge in [0, 0.05) is 11.6 Å². The Morgan fingerprint density at radius 1 is 1.07 bits per heavy atom. The molecule has 0 fully saturated rings. The van der Waals surface area contributed by atoms with Crippen molar-refractivity contribution in [2.45, 2.75) is 6.61 Å². The van der Waals surface area contributed by atoms with E-state index < -0.39 is 0 Å². The minimum atomic E-state index is -0.379. The van der Waals surface area contributed by atoms with Crippen LogP contribution in [0.1, 0.15) is 26.6 Å². The third-order valence-corrected chi connectivity index (χ3v) is 4.92. The first-order chi connectivity index (χ1) is 14.2. The molecular formula is C22H17N3O3S. The summed E-state index contributed by atoms with van der Waals surface area (Å²) in [6.45, 7) is 0.115. The van der Waals surface area contributed by atoms with Crippen molar-refractivity contribution >= 4 is 29.5 Å². The average Bonchev–Trinajstić information content (AvgIpc) is 3.38. The Kier molecular flexibility index (Phi) is 5.49. The zero-order valence-electron chi connectivity index (χ0n) is 15.3. The highest BCUT2D eigenvalue weighted by molar-refractivity contribution is 7.09. The van der Waals surface area contributed by atoms with E-state index in [4.69, 9.17) is 4.74 Å². The molecule has 6 nitrogen and oxygen atoms in total. The largest absolute Gasteiger partial charge is 0.492 e. The van der Waals surface area contributed by atoms with Crippen LogP contribution in [0.2, 0.25) is 0 Å². The van der Waals surface area contributed by atoms with Crippen molar-refractivity contribution in [1.29, 1.82) is 0 Å². The highest BCUT2D eigenvalue weighted by atomic mass is 32.1. The first-order valence-electron chi connectivity index (χ1n) is 8.88. The van der Waals surface area contributed by atoms with Gasteiger partial charge in [0.1, 0.15) is 11.6 Å². The van der Waals surface area contributed by atoms with Crippen molar-refractivity contribution in [3.05, 3.63) is 94.1 Å². The van der Waals surface area contributed by atoms with Gasteiger partial charge in [-0.25, -0.2) is 14.5 Å². The molecule has 4 aromatic rings. The SMILES string of the molecule is O=C(OCc1nc(C=Cc2cn(-c3ccccc3)nc2O)cs1)c1ccccc1. The van der Waals surface area contributed by atoms with Gasteiger partial charge in [0.25, 0.3) is 0 Å². The first-order valence-corrected chi connectivity index (χ1v) is 9.76. The number of rotatable bonds is 6. The Labute approximate surface area is 171 Å². The second-order valence-electron chi connectivity index (χ2n) is 6.13. The molecule has 2 heterocycles. The highest BCUT2D eigenvalue weighted by Gasteiger charge is 2.09. The van der Waals surface area contributed by atoms with E-state index in [0.29, 0.717) is 21.8 Å². The summed E-state index contributed by atoms with van der Waals surface area (Å²) in [4.78, 5) is 16.4. The fourth-order valence-electron chi connectivity index (χ4n) is 2.64. The molecule has 0 atom stereocenters. The number of hydrogen-bond acceptors (Lipinski definition) is 6. The predicted octanol–water partition coefficient (Wildman–Crippen LogP) is 4.56. The first kappa shape index (κ1) is 18.6. The Bertz CT molecular complexity index is 1130. The number of esters is 1. The number of carbonyl (C=O) groups is 1. The lowest BCUT2D eigenvalue weighted by Crippen LogP contribution is -2.04. The maximum atomic E-state index is 12.0. The maximum absolute atomic E-state index is 12.0. The van der Waals surface area contributed by atoms with Crippen molar-refractivity contribution in [2.75, 3.05) is 0 Å². The monoisotopic (exact) mass is 403 g/mol. The number of aromatic hydroxyl groups is 1. The summed E-state index contributed by atoms with van der Waals surface area (Å²) in [6.07, 6.45) is 5.28. The number of ether oxygens (including phenoxy) is 1. The van der Waals surface area contributed by atoms with E-state index in [0.717, 1.165) is 5.69 Å². The lowest BCUT2D eigenvalue weighted by atomic mass is 10.2. The standard InChI is InChI=1S/C22H17N3O3S/c26-21-17(13-25(24-21)19-9-5-2-6-10-19)11-12-18-15-29-20(23-18)14-28-22(27)16-7-3-1-4-8-16/h1-13,15H,14H2,(H,24,26). The molecule has 4 rings (SSSR count). The van der Waals surface area contributed by atoms with Gasteiger partial charge in [-0.1, -0.05) is 36.4 Å². The topological polar surface area (TPSA) is 77.2 Å². The maximum Gasteiger partial charge on any atom is 0.338 e. The third kappa shape index (κ3) is 4.59. The average molecular weight is 403 g/mol. The van der Waals surface area contributed by atoms with E-state index in [1.165, 1.54) is 11.3 Å².